The molecule has 0 saturated heterocycles. The fraction of sp³-hybridized carbons (Fsp3) is 0.208. The second-order valence-electron chi connectivity index (χ2n) is 7.74. The summed E-state index contributed by atoms with van der Waals surface area (Å²) < 4.78 is 1.70. The van der Waals surface area contributed by atoms with Crippen LogP contribution in [0.25, 0.3) is 5.69 Å². The molecule has 0 unspecified atom stereocenters. The van der Waals surface area contributed by atoms with Crippen molar-refractivity contribution in [3.05, 3.63) is 77.6 Å². The molecule has 0 spiro atoms. The molecule has 2 heterocycles. The van der Waals surface area contributed by atoms with Gasteiger partial charge in [-0.2, -0.15) is 5.10 Å². The van der Waals surface area contributed by atoms with Crippen LogP contribution in [0.3, 0.4) is 0 Å². The minimum absolute atomic E-state index is 0.0955. The lowest BCUT2D eigenvalue weighted by Gasteiger charge is -2.13. The van der Waals surface area contributed by atoms with Crippen LogP contribution < -0.4 is 10.6 Å². The molecule has 0 atom stereocenters. The summed E-state index contributed by atoms with van der Waals surface area (Å²) in [6.45, 7) is 1.83. The Labute approximate surface area is 190 Å². The number of rotatable bonds is 8. The number of benzene rings is 2. The van der Waals surface area contributed by atoms with Gasteiger partial charge in [0.1, 0.15) is 0 Å². The van der Waals surface area contributed by atoms with Crippen molar-refractivity contribution in [2.45, 2.75) is 19.8 Å². The predicted octanol–water partition coefficient (Wildman–Crippen LogP) is 2.31. The number of aromatic nitrogens is 2. The van der Waals surface area contributed by atoms with Crippen molar-refractivity contribution in [2.75, 3.05) is 18.4 Å². The smallest absolute Gasteiger partial charge is 0.261 e. The van der Waals surface area contributed by atoms with E-state index in [2.05, 4.69) is 15.7 Å². The van der Waals surface area contributed by atoms with Gasteiger partial charge in [-0.15, -0.1) is 0 Å². The van der Waals surface area contributed by atoms with Crippen molar-refractivity contribution >= 4 is 29.3 Å². The average molecular weight is 445 g/mol. The summed E-state index contributed by atoms with van der Waals surface area (Å²) in [5.74, 6) is -1.36. The monoisotopic (exact) mass is 445 g/mol. The Kier molecular flexibility index (Phi) is 6.30. The summed E-state index contributed by atoms with van der Waals surface area (Å²) in [6, 6.07) is 14.1. The van der Waals surface area contributed by atoms with Crippen LogP contribution in [0.1, 0.15) is 39.1 Å². The highest BCUT2D eigenvalue weighted by Gasteiger charge is 2.34. The van der Waals surface area contributed by atoms with Gasteiger partial charge < -0.3 is 10.6 Å². The lowest BCUT2D eigenvalue weighted by atomic mass is 10.1. The first-order valence-electron chi connectivity index (χ1n) is 10.6. The first-order valence-corrected chi connectivity index (χ1v) is 10.6. The van der Waals surface area contributed by atoms with Crippen LogP contribution >= 0.6 is 0 Å². The fourth-order valence-corrected chi connectivity index (χ4v) is 3.60. The molecule has 9 nitrogen and oxygen atoms in total. The van der Waals surface area contributed by atoms with Gasteiger partial charge in [-0.3, -0.25) is 24.1 Å². The van der Waals surface area contributed by atoms with E-state index in [1.165, 1.54) is 0 Å². The number of amides is 4. The van der Waals surface area contributed by atoms with Gasteiger partial charge in [0, 0.05) is 31.0 Å². The van der Waals surface area contributed by atoms with E-state index in [-0.39, 0.29) is 43.1 Å². The van der Waals surface area contributed by atoms with E-state index in [0.717, 1.165) is 16.2 Å². The number of hydrogen-bond acceptors (Lipinski definition) is 5. The minimum atomic E-state index is -0.356. The highest BCUT2D eigenvalue weighted by atomic mass is 16.2. The van der Waals surface area contributed by atoms with Crippen LogP contribution in [-0.2, 0) is 9.59 Å². The van der Waals surface area contributed by atoms with Gasteiger partial charge >= 0.3 is 0 Å². The predicted molar refractivity (Wildman–Crippen MR) is 121 cm³/mol. The molecule has 0 fully saturated rings. The number of hydrogen-bond donors (Lipinski definition) is 2. The zero-order valence-corrected chi connectivity index (χ0v) is 18.1. The molecule has 33 heavy (non-hydrogen) atoms. The maximum absolute atomic E-state index is 12.5. The van der Waals surface area contributed by atoms with Crippen molar-refractivity contribution in [3.8, 4) is 5.69 Å². The molecule has 0 saturated carbocycles. The number of aryl methyl sites for hydroxylation is 1. The molecule has 0 bridgehead atoms. The lowest BCUT2D eigenvalue weighted by molar-refractivity contribution is -0.124. The van der Waals surface area contributed by atoms with Gasteiger partial charge in [0.2, 0.25) is 11.8 Å². The van der Waals surface area contributed by atoms with Crippen LogP contribution in [-0.4, -0.2) is 51.4 Å². The highest BCUT2D eigenvalue weighted by molar-refractivity contribution is 6.21. The Hall–Kier alpha value is -4.27. The number of carbonyl (C=O) groups is 4. The van der Waals surface area contributed by atoms with Gasteiger partial charge in [-0.05, 0) is 55.8 Å². The van der Waals surface area contributed by atoms with E-state index in [1.807, 2.05) is 31.3 Å². The number of fused-ring (bicyclic) bond motifs is 1. The third-order valence-corrected chi connectivity index (χ3v) is 5.28. The third kappa shape index (κ3) is 4.98. The maximum Gasteiger partial charge on any atom is 0.261 e. The van der Waals surface area contributed by atoms with Crippen LogP contribution in [0.5, 0.6) is 0 Å². The second kappa shape index (κ2) is 9.47. The van der Waals surface area contributed by atoms with E-state index in [4.69, 9.17) is 0 Å². The standard InChI is InChI=1S/C24H23N5O4/c1-16-5-10-19-20(14-16)24(33)28(23(19)32)12-2-4-21(30)25-15-22(31)27-17-6-8-18(9-7-17)29-13-3-11-26-29/h3,5-11,13-14H,2,4,12,15H2,1H3,(H,25,30)(H,27,31). The van der Waals surface area contributed by atoms with Crippen molar-refractivity contribution < 1.29 is 19.2 Å². The number of anilines is 1. The first-order chi connectivity index (χ1) is 15.9. The molecule has 4 amide bonds. The van der Waals surface area contributed by atoms with Crippen LogP contribution in [0.2, 0.25) is 0 Å². The SMILES string of the molecule is Cc1ccc2c(c1)C(=O)N(CCCC(=O)NCC(=O)Nc1ccc(-n3cccn3)cc1)C2=O. The molecule has 2 aromatic carbocycles. The fourth-order valence-electron chi connectivity index (χ4n) is 3.60. The summed E-state index contributed by atoms with van der Waals surface area (Å²) in [5.41, 5.74) is 3.16. The molecule has 1 aromatic heterocycles. The molecule has 9 heteroatoms. The van der Waals surface area contributed by atoms with E-state index >= 15 is 0 Å². The molecule has 1 aliphatic rings. The summed E-state index contributed by atoms with van der Waals surface area (Å²) in [7, 11) is 0. The van der Waals surface area contributed by atoms with Crippen molar-refractivity contribution in [3.63, 3.8) is 0 Å². The number of nitrogens with one attached hydrogen (secondary N) is 2. The molecule has 0 aliphatic carbocycles. The van der Waals surface area contributed by atoms with Gasteiger partial charge in [0.05, 0.1) is 23.4 Å². The van der Waals surface area contributed by atoms with Crippen LogP contribution in [0, 0.1) is 6.92 Å². The molecule has 3 aromatic rings. The third-order valence-electron chi connectivity index (χ3n) is 5.28. The molecule has 0 radical (unpaired) electrons. The molecular weight excluding hydrogens is 422 g/mol. The van der Waals surface area contributed by atoms with Gasteiger partial charge in [0.15, 0.2) is 0 Å². The molecule has 2 N–H and O–H groups in total. The lowest BCUT2D eigenvalue weighted by Crippen LogP contribution is -2.34. The van der Waals surface area contributed by atoms with Crippen LogP contribution in [0.15, 0.2) is 60.9 Å². The topological polar surface area (TPSA) is 113 Å². The Morgan fingerprint density at radius 3 is 2.45 bits per heavy atom. The zero-order chi connectivity index (χ0) is 23.4. The van der Waals surface area contributed by atoms with Gasteiger partial charge in [-0.25, -0.2) is 4.68 Å². The Bertz CT molecular complexity index is 1200. The Morgan fingerprint density at radius 2 is 1.73 bits per heavy atom. The number of imide groups is 1. The van der Waals surface area contributed by atoms with Crippen molar-refractivity contribution in [1.29, 1.82) is 0 Å². The van der Waals surface area contributed by atoms with E-state index in [0.29, 0.717) is 23.2 Å². The molecular formula is C24H23N5O4. The van der Waals surface area contributed by atoms with Gasteiger partial charge in [-0.1, -0.05) is 11.6 Å². The Balaban J connectivity index is 1.19. The normalized spacial score (nSPS) is 12.6. The first kappa shape index (κ1) is 21.9. The van der Waals surface area contributed by atoms with Crippen molar-refractivity contribution in [1.82, 2.24) is 20.0 Å². The number of carbonyl (C=O) groups excluding carboxylic acids is 4. The second-order valence-corrected chi connectivity index (χ2v) is 7.74. The summed E-state index contributed by atoms with van der Waals surface area (Å²) in [4.78, 5) is 50.2. The average Bonchev–Trinajstić information content (AvgIpc) is 3.42. The maximum atomic E-state index is 12.5. The molecule has 168 valence electrons. The summed E-state index contributed by atoms with van der Waals surface area (Å²) in [6.07, 6.45) is 3.91. The molecule has 4 rings (SSSR count). The summed E-state index contributed by atoms with van der Waals surface area (Å²) >= 11 is 0. The quantitative estimate of drug-likeness (QED) is 0.517. The van der Waals surface area contributed by atoms with E-state index in [1.54, 1.807) is 41.2 Å². The molecule has 1 aliphatic heterocycles. The number of nitrogens with zero attached hydrogens (tertiary/aromatic N) is 3. The highest BCUT2D eigenvalue weighted by Crippen LogP contribution is 2.24. The summed E-state index contributed by atoms with van der Waals surface area (Å²) in [5, 5.41) is 9.41. The Morgan fingerprint density at radius 1 is 0.970 bits per heavy atom. The zero-order valence-electron chi connectivity index (χ0n) is 18.1. The van der Waals surface area contributed by atoms with E-state index < -0.39 is 0 Å². The van der Waals surface area contributed by atoms with E-state index in [9.17, 15) is 19.2 Å². The minimum Gasteiger partial charge on any atom is -0.347 e. The van der Waals surface area contributed by atoms with Crippen LogP contribution in [0.4, 0.5) is 5.69 Å². The largest absolute Gasteiger partial charge is 0.347 e. The van der Waals surface area contributed by atoms with Crippen molar-refractivity contribution in [2.24, 2.45) is 0 Å². The van der Waals surface area contributed by atoms with Gasteiger partial charge in [0.25, 0.3) is 11.8 Å².